The molecule has 2 aromatic heterocycles. The van der Waals surface area contributed by atoms with Crippen molar-refractivity contribution in [2.75, 3.05) is 4.90 Å². The van der Waals surface area contributed by atoms with Gasteiger partial charge in [-0.2, -0.15) is 0 Å². The third-order valence-corrected chi connectivity index (χ3v) is 10.4. The predicted molar refractivity (Wildman–Crippen MR) is 214 cm³/mol. The Hall–Kier alpha value is -6.84. The Balaban J connectivity index is 1.34. The minimum absolute atomic E-state index is 0.838. The number of furan rings is 2. The third-order valence-electron chi connectivity index (χ3n) is 10.4. The van der Waals surface area contributed by atoms with Gasteiger partial charge in [-0.05, 0) is 62.8 Å². The van der Waals surface area contributed by atoms with Gasteiger partial charge in [0.2, 0.25) is 0 Å². The van der Waals surface area contributed by atoms with Crippen molar-refractivity contribution >= 4 is 93.3 Å². The lowest BCUT2D eigenvalue weighted by Gasteiger charge is -2.31. The maximum absolute atomic E-state index is 6.79. The van der Waals surface area contributed by atoms with Gasteiger partial charge in [-0.3, -0.25) is 0 Å². The average molecular weight is 652 g/mol. The summed E-state index contributed by atoms with van der Waals surface area (Å²) in [6, 6.07) is 62.6. The monoisotopic (exact) mass is 651 g/mol. The van der Waals surface area contributed by atoms with E-state index < -0.39 is 0 Å². The average Bonchev–Trinajstić information content (AvgIpc) is 3.76. The van der Waals surface area contributed by atoms with E-state index >= 15 is 0 Å². The van der Waals surface area contributed by atoms with Crippen LogP contribution in [-0.4, -0.2) is 0 Å². The van der Waals surface area contributed by atoms with Gasteiger partial charge in [-0.15, -0.1) is 0 Å². The summed E-state index contributed by atoms with van der Waals surface area (Å²) in [5.74, 6) is 0. The number of benzene rings is 9. The van der Waals surface area contributed by atoms with E-state index in [0.29, 0.717) is 0 Å². The molecule has 0 amide bonds. The fraction of sp³-hybridized carbons (Fsp3) is 0. The van der Waals surface area contributed by atoms with Crippen LogP contribution >= 0.6 is 0 Å². The quantitative estimate of drug-likeness (QED) is 0.177. The topological polar surface area (TPSA) is 29.5 Å². The molecule has 0 N–H and O–H groups in total. The first-order valence-corrected chi connectivity index (χ1v) is 17.4. The number of anilines is 3. The van der Waals surface area contributed by atoms with Crippen LogP contribution in [0.15, 0.2) is 185 Å². The lowest BCUT2D eigenvalue weighted by Crippen LogP contribution is -2.12. The minimum Gasteiger partial charge on any atom is -0.456 e. The van der Waals surface area contributed by atoms with Crippen molar-refractivity contribution in [2.45, 2.75) is 0 Å². The van der Waals surface area contributed by atoms with Crippen molar-refractivity contribution in [1.29, 1.82) is 0 Å². The molecule has 11 rings (SSSR count). The summed E-state index contributed by atoms with van der Waals surface area (Å²) < 4.78 is 13.3. The highest BCUT2D eigenvalue weighted by molar-refractivity contribution is 6.25. The fourth-order valence-corrected chi connectivity index (χ4v) is 8.22. The maximum Gasteiger partial charge on any atom is 0.159 e. The van der Waals surface area contributed by atoms with Crippen molar-refractivity contribution in [3.05, 3.63) is 176 Å². The standard InChI is InChI=1S/C48H29NO2/c1-2-15-32-30(13-1)14-11-22-38(32)46-39-20-5-3-16-33(39)34-17-4-6-21-40(34)47(46)49(31-27-28-37-35-18-7-9-25-43(35)50-45(37)29-31)42-24-12-23-41-36-19-8-10-26-44(36)51-48(41)42/h1-29H. The Kier molecular flexibility index (Phi) is 5.96. The third kappa shape index (κ3) is 4.12. The molecule has 0 saturated carbocycles. The van der Waals surface area contributed by atoms with Gasteiger partial charge in [0, 0.05) is 38.6 Å². The molecule has 51 heavy (non-hydrogen) atoms. The Morgan fingerprint density at radius 3 is 1.71 bits per heavy atom. The second-order valence-electron chi connectivity index (χ2n) is 13.2. The molecule has 0 fully saturated rings. The molecule has 238 valence electrons. The van der Waals surface area contributed by atoms with Crippen molar-refractivity contribution in [3.8, 4) is 11.1 Å². The molecule has 0 bridgehead atoms. The molecule has 0 aliphatic heterocycles. The number of nitrogens with zero attached hydrogens (tertiary/aromatic N) is 1. The van der Waals surface area contributed by atoms with E-state index in [2.05, 4.69) is 163 Å². The molecule has 0 radical (unpaired) electrons. The number of para-hydroxylation sites is 3. The number of hydrogen-bond acceptors (Lipinski definition) is 3. The Bertz CT molecular complexity index is 3160. The van der Waals surface area contributed by atoms with Gasteiger partial charge >= 0.3 is 0 Å². The van der Waals surface area contributed by atoms with Gasteiger partial charge in [0.1, 0.15) is 16.7 Å². The highest BCUT2D eigenvalue weighted by Crippen LogP contribution is 2.52. The first kappa shape index (κ1) is 28.0. The van der Waals surface area contributed by atoms with Gasteiger partial charge in [0.15, 0.2) is 5.58 Å². The van der Waals surface area contributed by atoms with E-state index in [-0.39, 0.29) is 0 Å². The zero-order valence-corrected chi connectivity index (χ0v) is 27.5. The molecule has 0 aliphatic rings. The normalized spacial score (nSPS) is 11.9. The smallest absolute Gasteiger partial charge is 0.159 e. The molecule has 0 unspecified atom stereocenters. The molecular weight excluding hydrogens is 623 g/mol. The van der Waals surface area contributed by atoms with E-state index in [1.54, 1.807) is 0 Å². The molecule has 0 atom stereocenters. The zero-order valence-electron chi connectivity index (χ0n) is 27.5. The van der Waals surface area contributed by atoms with Gasteiger partial charge < -0.3 is 13.7 Å². The van der Waals surface area contributed by atoms with E-state index in [1.165, 1.54) is 38.1 Å². The zero-order chi connectivity index (χ0) is 33.5. The summed E-state index contributed by atoms with van der Waals surface area (Å²) in [7, 11) is 0. The Morgan fingerprint density at radius 1 is 0.353 bits per heavy atom. The van der Waals surface area contributed by atoms with Gasteiger partial charge in [0.05, 0.1) is 17.1 Å². The van der Waals surface area contributed by atoms with Gasteiger partial charge in [-0.25, -0.2) is 0 Å². The van der Waals surface area contributed by atoms with E-state index in [4.69, 9.17) is 8.83 Å². The van der Waals surface area contributed by atoms with Crippen LogP contribution in [0.25, 0.3) is 87.3 Å². The van der Waals surface area contributed by atoms with Crippen molar-refractivity contribution in [1.82, 2.24) is 0 Å². The molecular formula is C48H29NO2. The van der Waals surface area contributed by atoms with Crippen LogP contribution in [0.2, 0.25) is 0 Å². The first-order chi connectivity index (χ1) is 25.3. The fourth-order valence-electron chi connectivity index (χ4n) is 8.22. The van der Waals surface area contributed by atoms with Crippen LogP contribution in [0.1, 0.15) is 0 Å². The number of hydrogen-bond donors (Lipinski definition) is 0. The molecule has 3 heteroatoms. The number of rotatable bonds is 4. The second kappa shape index (κ2) is 10.8. The van der Waals surface area contributed by atoms with E-state index in [9.17, 15) is 0 Å². The first-order valence-electron chi connectivity index (χ1n) is 17.4. The van der Waals surface area contributed by atoms with Crippen molar-refractivity contribution in [3.63, 3.8) is 0 Å². The summed E-state index contributed by atoms with van der Waals surface area (Å²) >= 11 is 0. The maximum atomic E-state index is 6.79. The lowest BCUT2D eigenvalue weighted by molar-refractivity contribution is 0.667. The Labute approximate surface area is 293 Å². The minimum atomic E-state index is 0.838. The molecule has 9 aromatic carbocycles. The second-order valence-corrected chi connectivity index (χ2v) is 13.2. The number of fused-ring (bicyclic) bond motifs is 10. The van der Waals surface area contributed by atoms with Gasteiger partial charge in [-0.1, -0.05) is 140 Å². The van der Waals surface area contributed by atoms with E-state index in [1.807, 2.05) is 18.2 Å². The highest BCUT2D eigenvalue weighted by atomic mass is 16.3. The van der Waals surface area contributed by atoms with Crippen molar-refractivity contribution in [2.24, 2.45) is 0 Å². The van der Waals surface area contributed by atoms with Crippen LogP contribution in [0.3, 0.4) is 0 Å². The SMILES string of the molecule is c1ccc2c(-c3c(N(c4ccc5c(c4)oc4ccccc45)c4cccc5c4oc4ccccc45)c4ccccc4c4ccccc34)cccc2c1. The molecule has 2 heterocycles. The molecule has 0 saturated heterocycles. The van der Waals surface area contributed by atoms with Gasteiger partial charge in [0.25, 0.3) is 0 Å². The summed E-state index contributed by atoms with van der Waals surface area (Å²) in [5.41, 5.74) is 8.79. The molecule has 3 nitrogen and oxygen atoms in total. The Morgan fingerprint density at radius 2 is 0.902 bits per heavy atom. The highest BCUT2D eigenvalue weighted by Gasteiger charge is 2.27. The summed E-state index contributed by atoms with van der Waals surface area (Å²) in [4.78, 5) is 2.41. The summed E-state index contributed by atoms with van der Waals surface area (Å²) in [6.07, 6.45) is 0. The van der Waals surface area contributed by atoms with Crippen LogP contribution in [0.5, 0.6) is 0 Å². The van der Waals surface area contributed by atoms with Crippen LogP contribution < -0.4 is 4.90 Å². The predicted octanol–water partition coefficient (Wildman–Crippen LogP) is 14.1. The molecule has 11 aromatic rings. The molecule has 0 spiro atoms. The molecule has 0 aliphatic carbocycles. The van der Waals surface area contributed by atoms with Crippen LogP contribution in [-0.2, 0) is 0 Å². The lowest BCUT2D eigenvalue weighted by atomic mass is 9.88. The summed E-state index contributed by atoms with van der Waals surface area (Å²) in [5, 5.41) is 11.5. The van der Waals surface area contributed by atoms with Crippen LogP contribution in [0, 0.1) is 0 Å². The van der Waals surface area contributed by atoms with E-state index in [0.717, 1.165) is 66.3 Å². The largest absolute Gasteiger partial charge is 0.456 e. The van der Waals surface area contributed by atoms with Crippen molar-refractivity contribution < 1.29 is 8.83 Å². The summed E-state index contributed by atoms with van der Waals surface area (Å²) in [6.45, 7) is 0. The van der Waals surface area contributed by atoms with Crippen LogP contribution in [0.4, 0.5) is 17.1 Å².